The molecular formula is C29H50Cl4N4O6. The Morgan fingerprint density at radius 2 is 0.837 bits per heavy atom. The summed E-state index contributed by atoms with van der Waals surface area (Å²) in [7, 11) is 9.77. The zero-order valence-corrected chi connectivity index (χ0v) is 29.3. The lowest BCUT2D eigenvalue weighted by Crippen LogP contribution is -2.33. The molecule has 1 aliphatic heterocycles. The highest BCUT2D eigenvalue weighted by atomic mass is 35.5. The highest BCUT2D eigenvalue weighted by molar-refractivity contribution is 5.86. The fraction of sp³-hybridized carbons (Fsp3) is 0.586. The number of rotatable bonds is 16. The predicted octanol–water partition coefficient (Wildman–Crippen LogP) is 5.74. The smallest absolute Gasteiger partial charge is 0.203 e. The van der Waals surface area contributed by atoms with Gasteiger partial charge in [-0.25, -0.2) is 0 Å². The van der Waals surface area contributed by atoms with E-state index in [9.17, 15) is 0 Å². The minimum Gasteiger partial charge on any atom is -0.493 e. The molecule has 2 N–H and O–H groups in total. The number of halogens is 4. The Morgan fingerprint density at radius 1 is 0.512 bits per heavy atom. The fourth-order valence-corrected chi connectivity index (χ4v) is 4.91. The van der Waals surface area contributed by atoms with Crippen LogP contribution in [0.2, 0.25) is 0 Å². The predicted molar refractivity (Wildman–Crippen MR) is 185 cm³/mol. The molecule has 14 heteroatoms. The molecule has 0 unspecified atom stereocenters. The number of methoxy groups -OCH3 is 6. The van der Waals surface area contributed by atoms with Crippen LogP contribution in [0, 0.1) is 0 Å². The molecule has 0 aromatic heterocycles. The largest absolute Gasteiger partial charge is 0.493 e. The lowest BCUT2D eigenvalue weighted by molar-refractivity contribution is 0.255. The van der Waals surface area contributed by atoms with Crippen LogP contribution < -0.4 is 39.1 Å². The van der Waals surface area contributed by atoms with Gasteiger partial charge in [-0.2, -0.15) is 0 Å². The number of nitrogens with one attached hydrogen (secondary N) is 2. The van der Waals surface area contributed by atoms with E-state index in [0.717, 1.165) is 76.6 Å². The van der Waals surface area contributed by atoms with E-state index in [1.807, 2.05) is 24.3 Å². The van der Waals surface area contributed by atoms with E-state index in [1.165, 1.54) is 6.42 Å². The Hall–Kier alpha value is -2.08. The maximum atomic E-state index is 5.45. The van der Waals surface area contributed by atoms with Crippen LogP contribution in [-0.2, 0) is 0 Å². The molecule has 0 saturated carbocycles. The van der Waals surface area contributed by atoms with Crippen LogP contribution in [0.4, 0.5) is 11.4 Å². The summed E-state index contributed by atoms with van der Waals surface area (Å²) < 4.78 is 32.6. The molecule has 2 aromatic rings. The molecule has 0 aliphatic carbocycles. The highest BCUT2D eigenvalue weighted by Gasteiger charge is 2.16. The van der Waals surface area contributed by atoms with E-state index in [2.05, 4.69) is 20.4 Å². The molecule has 0 atom stereocenters. The second-order valence-corrected chi connectivity index (χ2v) is 9.43. The summed E-state index contributed by atoms with van der Waals surface area (Å²) in [6.45, 7) is 8.41. The summed E-state index contributed by atoms with van der Waals surface area (Å²) >= 11 is 0. The summed E-state index contributed by atoms with van der Waals surface area (Å²) in [4.78, 5) is 5.15. The first-order valence-electron chi connectivity index (χ1n) is 13.6. The second kappa shape index (κ2) is 23.3. The Bertz CT molecular complexity index is 911. The van der Waals surface area contributed by atoms with Crippen molar-refractivity contribution in [1.29, 1.82) is 0 Å². The Labute approximate surface area is 282 Å². The molecule has 10 nitrogen and oxygen atoms in total. The van der Waals surface area contributed by atoms with E-state index in [0.29, 0.717) is 34.5 Å². The van der Waals surface area contributed by atoms with Gasteiger partial charge in [0.2, 0.25) is 11.5 Å². The third kappa shape index (κ3) is 12.8. The van der Waals surface area contributed by atoms with Gasteiger partial charge in [-0.05, 0) is 45.4 Å². The summed E-state index contributed by atoms with van der Waals surface area (Å²) in [6.07, 6.45) is 3.32. The third-order valence-electron chi connectivity index (χ3n) is 6.97. The zero-order valence-electron chi connectivity index (χ0n) is 26.1. The summed E-state index contributed by atoms with van der Waals surface area (Å²) in [5.74, 6) is 3.85. The topological polar surface area (TPSA) is 85.9 Å². The van der Waals surface area contributed by atoms with Gasteiger partial charge in [0.1, 0.15) is 0 Å². The average Bonchev–Trinajstić information content (AvgIpc) is 3.21. The first kappa shape index (κ1) is 43.0. The molecule has 1 fully saturated rings. The Balaban J connectivity index is 0. The van der Waals surface area contributed by atoms with Crippen molar-refractivity contribution in [1.82, 2.24) is 9.80 Å². The average molecular weight is 693 g/mol. The van der Waals surface area contributed by atoms with Gasteiger partial charge in [-0.1, -0.05) is 0 Å². The highest BCUT2D eigenvalue weighted by Crippen LogP contribution is 2.40. The molecular weight excluding hydrogens is 642 g/mol. The quantitative estimate of drug-likeness (QED) is 0.213. The molecule has 2 aromatic carbocycles. The molecule has 43 heavy (non-hydrogen) atoms. The lowest BCUT2D eigenvalue weighted by Gasteiger charge is -2.22. The van der Waals surface area contributed by atoms with Crippen LogP contribution in [0.25, 0.3) is 0 Å². The third-order valence-corrected chi connectivity index (χ3v) is 6.97. The Morgan fingerprint density at radius 3 is 1.12 bits per heavy atom. The van der Waals surface area contributed by atoms with Crippen LogP contribution in [-0.4, -0.2) is 105 Å². The lowest BCUT2D eigenvalue weighted by atomic mass is 10.2. The van der Waals surface area contributed by atoms with Crippen LogP contribution in [0.3, 0.4) is 0 Å². The molecule has 1 heterocycles. The molecule has 1 saturated heterocycles. The number of hydrogen-bond donors (Lipinski definition) is 2. The van der Waals surface area contributed by atoms with Gasteiger partial charge < -0.3 is 48.9 Å². The van der Waals surface area contributed by atoms with E-state index >= 15 is 0 Å². The van der Waals surface area contributed by atoms with E-state index in [4.69, 9.17) is 28.4 Å². The molecule has 250 valence electrons. The number of hydrogen-bond acceptors (Lipinski definition) is 10. The van der Waals surface area contributed by atoms with Crippen LogP contribution in [0.1, 0.15) is 19.3 Å². The number of anilines is 2. The van der Waals surface area contributed by atoms with Crippen molar-refractivity contribution >= 4 is 61.0 Å². The van der Waals surface area contributed by atoms with Gasteiger partial charge in [0, 0.05) is 61.8 Å². The van der Waals surface area contributed by atoms with Crippen molar-refractivity contribution in [3.8, 4) is 34.5 Å². The first-order chi connectivity index (χ1) is 19.1. The molecule has 1 aliphatic rings. The second-order valence-electron chi connectivity index (χ2n) is 9.43. The zero-order chi connectivity index (χ0) is 28.0. The minimum absolute atomic E-state index is 0. The number of nitrogens with zero attached hydrogens (tertiary/aromatic N) is 2. The minimum atomic E-state index is 0. The maximum absolute atomic E-state index is 5.45. The Kier molecular flexibility index (Phi) is 23.3. The normalized spacial score (nSPS) is 13.0. The fourth-order valence-electron chi connectivity index (χ4n) is 4.91. The van der Waals surface area contributed by atoms with Crippen molar-refractivity contribution in [3.05, 3.63) is 24.3 Å². The van der Waals surface area contributed by atoms with Gasteiger partial charge in [-0.3, -0.25) is 0 Å². The van der Waals surface area contributed by atoms with Crippen LogP contribution in [0.5, 0.6) is 34.5 Å². The number of benzene rings is 2. The van der Waals surface area contributed by atoms with Gasteiger partial charge in [-0.15, -0.1) is 49.6 Å². The summed E-state index contributed by atoms with van der Waals surface area (Å²) in [5, 5.41) is 6.99. The first-order valence-corrected chi connectivity index (χ1v) is 13.6. The van der Waals surface area contributed by atoms with Crippen molar-refractivity contribution in [3.63, 3.8) is 0 Å². The van der Waals surface area contributed by atoms with Crippen LogP contribution in [0.15, 0.2) is 24.3 Å². The van der Waals surface area contributed by atoms with Crippen molar-refractivity contribution < 1.29 is 28.4 Å². The standard InChI is InChI=1S/C29H46N4O6.4ClH/c1-34-24-18-22(19-25(35-2)28(24)38-5)30-10-7-12-32-14-9-15-33(17-16-32)13-8-11-31-23-20-26(36-3)29(39-6)27(21-23)37-4;;;;/h18-21,30-31H,7-17H2,1-6H3;4*1H. The maximum Gasteiger partial charge on any atom is 0.203 e. The molecule has 3 rings (SSSR count). The molecule has 0 amide bonds. The van der Waals surface area contributed by atoms with Gasteiger partial charge >= 0.3 is 0 Å². The van der Waals surface area contributed by atoms with Gasteiger partial charge in [0.05, 0.1) is 42.7 Å². The van der Waals surface area contributed by atoms with Gasteiger partial charge in [0.15, 0.2) is 23.0 Å². The molecule has 0 radical (unpaired) electrons. The van der Waals surface area contributed by atoms with Crippen molar-refractivity contribution in [2.75, 3.05) is 106 Å². The van der Waals surface area contributed by atoms with E-state index in [1.54, 1.807) is 42.7 Å². The SMILES string of the molecule is COc1cc(NCCCN2CCCN(CCCNc3cc(OC)c(OC)c(OC)c3)CC2)cc(OC)c1OC.Cl.Cl.Cl.Cl. The van der Waals surface area contributed by atoms with Crippen molar-refractivity contribution in [2.45, 2.75) is 19.3 Å². The number of ether oxygens (including phenoxy) is 6. The molecule has 0 spiro atoms. The summed E-state index contributed by atoms with van der Waals surface area (Å²) in [6, 6.07) is 7.78. The van der Waals surface area contributed by atoms with Gasteiger partial charge in [0.25, 0.3) is 0 Å². The van der Waals surface area contributed by atoms with E-state index < -0.39 is 0 Å². The van der Waals surface area contributed by atoms with Crippen molar-refractivity contribution in [2.24, 2.45) is 0 Å². The van der Waals surface area contributed by atoms with E-state index in [-0.39, 0.29) is 49.6 Å². The van der Waals surface area contributed by atoms with Crippen LogP contribution >= 0.6 is 49.6 Å². The molecule has 0 bridgehead atoms. The summed E-state index contributed by atoms with van der Waals surface area (Å²) in [5.41, 5.74) is 1.93. The monoisotopic (exact) mass is 690 g/mol.